The van der Waals surface area contributed by atoms with Crippen LogP contribution in [0.5, 0.6) is 0 Å². The van der Waals surface area contributed by atoms with Crippen LogP contribution in [0, 0.1) is 22.8 Å². The molecule has 9 heteroatoms. The number of carboxylic acids is 1. The molecule has 1 fully saturated rings. The summed E-state index contributed by atoms with van der Waals surface area (Å²) in [5.41, 5.74) is 9.82. The Balaban J connectivity index is 2.01. The van der Waals surface area contributed by atoms with Gasteiger partial charge < -0.3 is 21.1 Å². The number of benzene rings is 1. The molecule has 2 amide bonds. The van der Waals surface area contributed by atoms with E-state index in [0.717, 1.165) is 6.42 Å². The smallest absolute Gasteiger partial charge is 0.327 e. The summed E-state index contributed by atoms with van der Waals surface area (Å²) in [5.74, 6) is 0.558. The summed E-state index contributed by atoms with van der Waals surface area (Å²) in [6.45, 7) is 6.72. The Bertz CT molecular complexity index is 912. The number of carbonyl (C=O) groups is 3. The maximum atomic E-state index is 12.9. The van der Waals surface area contributed by atoms with Crippen LogP contribution in [0.3, 0.4) is 0 Å². The van der Waals surface area contributed by atoms with Crippen molar-refractivity contribution < 1.29 is 19.5 Å². The molecule has 1 saturated heterocycles. The van der Waals surface area contributed by atoms with E-state index in [1.165, 1.54) is 0 Å². The predicted molar refractivity (Wildman–Crippen MR) is 122 cm³/mol. The number of nitrogen functional groups attached to an aromatic ring is 1. The molecular formula is C22H30N4O4Si. The molecule has 0 aliphatic carbocycles. The Morgan fingerprint density at radius 3 is 2.52 bits per heavy atom. The molecule has 2 rings (SSSR count). The van der Waals surface area contributed by atoms with Crippen LogP contribution in [0.15, 0.2) is 24.3 Å². The lowest BCUT2D eigenvalue weighted by atomic mass is 9.92. The van der Waals surface area contributed by atoms with Gasteiger partial charge in [-0.15, -0.1) is 11.5 Å². The van der Waals surface area contributed by atoms with Crippen LogP contribution >= 0.6 is 0 Å². The second-order valence-corrected chi connectivity index (χ2v) is 13.5. The van der Waals surface area contributed by atoms with Gasteiger partial charge in [0.15, 0.2) is 0 Å². The van der Waals surface area contributed by atoms with Crippen LogP contribution in [-0.4, -0.2) is 49.4 Å². The zero-order valence-corrected chi connectivity index (χ0v) is 19.2. The first-order chi connectivity index (χ1) is 14.5. The minimum Gasteiger partial charge on any atom is -0.480 e. The summed E-state index contributed by atoms with van der Waals surface area (Å²) >= 11 is 0. The quantitative estimate of drug-likeness (QED) is 0.221. The monoisotopic (exact) mass is 442 g/mol. The van der Waals surface area contributed by atoms with Crippen LogP contribution < -0.4 is 16.0 Å². The molecule has 0 saturated carbocycles. The second-order valence-electron chi connectivity index (χ2n) is 8.71. The molecule has 8 nitrogen and oxygen atoms in total. The molecule has 166 valence electrons. The third kappa shape index (κ3) is 7.26. The Hall–Kier alpha value is -3.12. The van der Waals surface area contributed by atoms with Crippen LogP contribution in [0.25, 0.3) is 0 Å². The number of rotatable bonds is 7. The summed E-state index contributed by atoms with van der Waals surface area (Å²) < 4.78 is 0. The van der Waals surface area contributed by atoms with Crippen molar-refractivity contribution in [2.45, 2.75) is 51.4 Å². The standard InChI is InChI=1S/C22H30N4O4Si/c1-31(2,3)13-5-7-18(22(29)30)25-19(27)14-16-6-4-12-26(21(16)28)17-10-8-15(9-11-17)20(23)24/h8-11,16,18H,4,6-7,12,14H2,1-3H3,(H3,23,24)(H,25,27)(H,29,30). The number of hydrogen-bond donors (Lipinski definition) is 4. The van der Waals surface area contributed by atoms with Crippen LogP contribution in [-0.2, 0) is 14.4 Å². The lowest BCUT2D eigenvalue weighted by Crippen LogP contribution is -2.45. The average Bonchev–Trinajstić information content (AvgIpc) is 2.68. The number of nitrogens with zero attached hydrogens (tertiary/aromatic N) is 1. The van der Waals surface area contributed by atoms with Crippen LogP contribution in [0.1, 0.15) is 31.2 Å². The molecule has 31 heavy (non-hydrogen) atoms. The first-order valence-corrected chi connectivity index (χ1v) is 13.8. The van der Waals surface area contributed by atoms with Gasteiger partial charge in [0, 0.05) is 36.6 Å². The number of anilines is 1. The van der Waals surface area contributed by atoms with Crippen molar-refractivity contribution in [3.05, 3.63) is 29.8 Å². The molecule has 0 radical (unpaired) electrons. The van der Waals surface area contributed by atoms with Crippen molar-refractivity contribution >= 4 is 37.4 Å². The largest absolute Gasteiger partial charge is 0.480 e. The highest BCUT2D eigenvalue weighted by atomic mass is 28.3. The lowest BCUT2D eigenvalue weighted by molar-refractivity contribution is -0.142. The summed E-state index contributed by atoms with van der Waals surface area (Å²) in [6.07, 6.45) is 1.29. The van der Waals surface area contributed by atoms with Gasteiger partial charge in [-0.25, -0.2) is 4.79 Å². The molecule has 1 heterocycles. The van der Waals surface area contributed by atoms with E-state index in [2.05, 4.69) is 36.4 Å². The van der Waals surface area contributed by atoms with Gasteiger partial charge in [-0.1, -0.05) is 19.6 Å². The third-order valence-corrected chi connectivity index (χ3v) is 5.80. The number of carboxylic acid groups (broad SMARTS) is 1. The van der Waals surface area contributed by atoms with E-state index in [1.807, 2.05) is 0 Å². The fourth-order valence-electron chi connectivity index (χ4n) is 3.31. The Morgan fingerprint density at radius 1 is 1.32 bits per heavy atom. The van der Waals surface area contributed by atoms with Crippen molar-refractivity contribution in [1.29, 1.82) is 5.41 Å². The molecule has 0 aromatic heterocycles. The fourth-order valence-corrected chi connectivity index (χ4v) is 3.94. The molecule has 2 unspecified atom stereocenters. The van der Waals surface area contributed by atoms with Gasteiger partial charge >= 0.3 is 5.97 Å². The first kappa shape index (κ1) is 24.1. The molecule has 1 aliphatic heterocycles. The molecule has 5 N–H and O–H groups in total. The summed E-state index contributed by atoms with van der Waals surface area (Å²) in [4.78, 5) is 38.5. The normalized spacial score (nSPS) is 17.3. The average molecular weight is 443 g/mol. The Kier molecular flexibility index (Phi) is 7.99. The van der Waals surface area contributed by atoms with Crippen molar-refractivity contribution in [2.75, 3.05) is 11.4 Å². The third-order valence-electron chi connectivity index (χ3n) is 4.87. The molecule has 2 atom stereocenters. The summed E-state index contributed by atoms with van der Waals surface area (Å²) in [7, 11) is -1.63. The number of carbonyl (C=O) groups excluding carboxylic acids is 2. The van der Waals surface area contributed by atoms with Crippen LogP contribution in [0.4, 0.5) is 5.69 Å². The molecule has 1 aromatic carbocycles. The minimum absolute atomic E-state index is 0.0403. The molecule has 0 bridgehead atoms. The zero-order valence-electron chi connectivity index (χ0n) is 18.2. The van der Waals surface area contributed by atoms with Gasteiger partial charge in [-0.2, -0.15) is 0 Å². The number of amidine groups is 1. The number of amides is 2. The highest BCUT2D eigenvalue weighted by Gasteiger charge is 2.32. The van der Waals surface area contributed by atoms with E-state index in [9.17, 15) is 19.5 Å². The SMILES string of the molecule is C[Si](C)(C)C#CCC(NC(=O)CC1CCCN(c2ccc(C(=N)N)cc2)C1=O)C(=O)O. The van der Waals surface area contributed by atoms with E-state index in [4.69, 9.17) is 11.1 Å². The molecule has 1 aromatic rings. The number of piperidine rings is 1. The van der Waals surface area contributed by atoms with Crippen molar-refractivity contribution in [3.8, 4) is 11.5 Å². The van der Waals surface area contributed by atoms with Gasteiger partial charge in [0.1, 0.15) is 20.0 Å². The lowest BCUT2D eigenvalue weighted by Gasteiger charge is -2.32. The maximum Gasteiger partial charge on any atom is 0.327 e. The van der Waals surface area contributed by atoms with E-state index in [1.54, 1.807) is 29.2 Å². The second kappa shape index (κ2) is 10.3. The van der Waals surface area contributed by atoms with E-state index in [0.29, 0.717) is 24.2 Å². The van der Waals surface area contributed by atoms with Gasteiger partial charge in [0.05, 0.1) is 0 Å². The number of nitrogens with one attached hydrogen (secondary N) is 2. The first-order valence-electron chi connectivity index (χ1n) is 10.3. The molecule has 0 spiro atoms. The minimum atomic E-state index is -1.63. The van der Waals surface area contributed by atoms with E-state index >= 15 is 0 Å². The van der Waals surface area contributed by atoms with Gasteiger partial charge in [-0.05, 0) is 37.1 Å². The maximum absolute atomic E-state index is 12.9. The van der Waals surface area contributed by atoms with Crippen molar-refractivity contribution in [3.63, 3.8) is 0 Å². The van der Waals surface area contributed by atoms with E-state index in [-0.39, 0.29) is 24.6 Å². The highest BCUT2D eigenvalue weighted by Crippen LogP contribution is 2.26. The zero-order chi connectivity index (χ0) is 23.2. The molecule has 1 aliphatic rings. The van der Waals surface area contributed by atoms with Gasteiger partial charge in [0.2, 0.25) is 11.8 Å². The van der Waals surface area contributed by atoms with Crippen molar-refractivity contribution in [2.24, 2.45) is 11.7 Å². The fraction of sp³-hybridized carbons (Fsp3) is 0.455. The Labute approximate surface area is 183 Å². The number of hydrogen-bond acceptors (Lipinski definition) is 4. The number of aliphatic carboxylic acids is 1. The van der Waals surface area contributed by atoms with Gasteiger partial charge in [0.25, 0.3) is 0 Å². The van der Waals surface area contributed by atoms with Crippen LogP contribution in [0.2, 0.25) is 19.6 Å². The topological polar surface area (TPSA) is 137 Å². The predicted octanol–water partition coefficient (Wildman–Crippen LogP) is 1.94. The van der Waals surface area contributed by atoms with Gasteiger partial charge in [-0.3, -0.25) is 15.0 Å². The summed E-state index contributed by atoms with van der Waals surface area (Å²) in [5, 5.41) is 19.4. The Morgan fingerprint density at radius 2 is 1.97 bits per heavy atom. The summed E-state index contributed by atoms with van der Waals surface area (Å²) in [6, 6.07) is 5.73. The highest BCUT2D eigenvalue weighted by molar-refractivity contribution is 6.83. The molecular weight excluding hydrogens is 412 g/mol. The number of nitrogens with two attached hydrogens (primary N) is 1. The van der Waals surface area contributed by atoms with Crippen molar-refractivity contribution in [1.82, 2.24) is 5.32 Å². The van der Waals surface area contributed by atoms with E-state index < -0.39 is 31.9 Å².